The molecule has 3 heterocycles. The van der Waals surface area contributed by atoms with Crippen LogP contribution in [0.5, 0.6) is 0 Å². The van der Waals surface area contributed by atoms with Gasteiger partial charge in [-0.3, -0.25) is 14.7 Å². The fourth-order valence-electron chi connectivity index (χ4n) is 4.61. The molecule has 29 heavy (non-hydrogen) atoms. The zero-order chi connectivity index (χ0) is 20.6. The number of likely N-dealkylation sites (tertiary alicyclic amines) is 1. The number of piperidine rings is 1. The number of aromatic nitrogens is 2. The molecule has 0 bridgehead atoms. The number of carbonyl (C=O) groups is 2. The van der Waals surface area contributed by atoms with Crippen LogP contribution in [0.15, 0.2) is 24.3 Å². The van der Waals surface area contributed by atoms with Gasteiger partial charge in [0.05, 0.1) is 41.5 Å². The highest BCUT2D eigenvalue weighted by molar-refractivity contribution is 5.87. The SMILES string of the molecule is CC(=O)N[C@H]1COC2(CCN(C(=O)Cc3[nH]nc4ccccc34)CC2)C[C@]1(C)O. The second-order valence-corrected chi connectivity index (χ2v) is 8.56. The van der Waals surface area contributed by atoms with Gasteiger partial charge in [0.25, 0.3) is 0 Å². The first-order valence-electron chi connectivity index (χ1n) is 10.1. The molecule has 2 amide bonds. The molecule has 1 aromatic heterocycles. The maximum Gasteiger partial charge on any atom is 0.228 e. The predicted octanol–water partition coefficient (Wildman–Crippen LogP) is 1.14. The number of amides is 2. The van der Waals surface area contributed by atoms with Gasteiger partial charge in [-0.05, 0) is 25.8 Å². The van der Waals surface area contributed by atoms with Crippen molar-refractivity contribution in [1.29, 1.82) is 0 Å². The Hall–Kier alpha value is -2.45. The molecule has 8 nitrogen and oxygen atoms in total. The van der Waals surface area contributed by atoms with Crippen LogP contribution in [0, 0.1) is 0 Å². The molecule has 8 heteroatoms. The van der Waals surface area contributed by atoms with E-state index >= 15 is 0 Å². The molecule has 3 N–H and O–H groups in total. The Bertz CT molecular complexity index is 914. The lowest BCUT2D eigenvalue weighted by Gasteiger charge is -2.51. The van der Waals surface area contributed by atoms with Crippen molar-refractivity contribution >= 4 is 22.7 Å². The zero-order valence-electron chi connectivity index (χ0n) is 16.9. The largest absolute Gasteiger partial charge is 0.388 e. The number of para-hydroxylation sites is 1. The number of aromatic amines is 1. The fourth-order valence-corrected chi connectivity index (χ4v) is 4.61. The Morgan fingerprint density at radius 3 is 2.76 bits per heavy atom. The maximum absolute atomic E-state index is 12.8. The first-order valence-corrected chi connectivity index (χ1v) is 10.1. The summed E-state index contributed by atoms with van der Waals surface area (Å²) >= 11 is 0. The van der Waals surface area contributed by atoms with Crippen molar-refractivity contribution in [2.45, 2.75) is 56.8 Å². The molecule has 4 rings (SSSR count). The summed E-state index contributed by atoms with van der Waals surface area (Å²) in [5.41, 5.74) is 0.210. The highest BCUT2D eigenvalue weighted by Crippen LogP contribution is 2.39. The first kappa shape index (κ1) is 19.8. The smallest absolute Gasteiger partial charge is 0.228 e. The summed E-state index contributed by atoms with van der Waals surface area (Å²) in [7, 11) is 0. The van der Waals surface area contributed by atoms with E-state index in [1.807, 2.05) is 29.2 Å². The third kappa shape index (κ3) is 4.00. The van der Waals surface area contributed by atoms with Gasteiger partial charge >= 0.3 is 0 Å². The molecule has 1 aromatic carbocycles. The molecule has 2 aliphatic heterocycles. The van der Waals surface area contributed by atoms with Crippen molar-refractivity contribution in [3.63, 3.8) is 0 Å². The van der Waals surface area contributed by atoms with E-state index in [1.54, 1.807) is 6.92 Å². The number of H-pyrrole nitrogens is 1. The van der Waals surface area contributed by atoms with E-state index in [4.69, 9.17) is 4.74 Å². The van der Waals surface area contributed by atoms with Gasteiger partial charge < -0.3 is 20.1 Å². The number of ether oxygens (including phenoxy) is 1. The van der Waals surface area contributed by atoms with Crippen LogP contribution in [0.25, 0.3) is 10.9 Å². The summed E-state index contributed by atoms with van der Waals surface area (Å²) in [6, 6.07) is 7.34. The van der Waals surface area contributed by atoms with Crippen LogP contribution in [0.3, 0.4) is 0 Å². The second kappa shape index (κ2) is 7.42. The molecule has 0 radical (unpaired) electrons. The minimum Gasteiger partial charge on any atom is -0.388 e. The minimum absolute atomic E-state index is 0.0629. The highest BCUT2D eigenvalue weighted by atomic mass is 16.5. The van der Waals surface area contributed by atoms with Crippen LogP contribution in [0.4, 0.5) is 0 Å². The van der Waals surface area contributed by atoms with Crippen LogP contribution < -0.4 is 5.32 Å². The van der Waals surface area contributed by atoms with Crippen molar-refractivity contribution in [1.82, 2.24) is 20.4 Å². The number of fused-ring (bicyclic) bond motifs is 1. The van der Waals surface area contributed by atoms with Gasteiger partial charge in [-0.15, -0.1) is 0 Å². The number of benzene rings is 1. The van der Waals surface area contributed by atoms with Gasteiger partial charge in [-0.2, -0.15) is 5.10 Å². The Labute approximate surface area is 169 Å². The highest BCUT2D eigenvalue weighted by Gasteiger charge is 2.49. The van der Waals surface area contributed by atoms with E-state index in [0.29, 0.717) is 32.4 Å². The first-order chi connectivity index (χ1) is 13.8. The predicted molar refractivity (Wildman–Crippen MR) is 107 cm³/mol. The zero-order valence-corrected chi connectivity index (χ0v) is 16.9. The topological polar surface area (TPSA) is 108 Å². The van der Waals surface area contributed by atoms with Gasteiger partial charge in [0, 0.05) is 31.8 Å². The van der Waals surface area contributed by atoms with Crippen LogP contribution in [0.2, 0.25) is 0 Å². The van der Waals surface area contributed by atoms with Crippen LogP contribution in [0.1, 0.15) is 38.8 Å². The molecule has 2 atom stereocenters. The summed E-state index contributed by atoms with van der Waals surface area (Å²) in [5, 5.41) is 21.8. The molecular weight excluding hydrogens is 372 g/mol. The number of hydrogen-bond acceptors (Lipinski definition) is 5. The third-order valence-corrected chi connectivity index (χ3v) is 6.26. The van der Waals surface area contributed by atoms with Crippen molar-refractivity contribution in [2.75, 3.05) is 19.7 Å². The normalized spacial score (nSPS) is 26.6. The standard InChI is InChI=1S/C21H28N4O4/c1-14(26)22-18-12-29-21(13-20(18,2)28)7-9-25(10-8-21)19(27)11-17-15-5-3-4-6-16(15)23-24-17/h3-6,18,28H,7-13H2,1-2H3,(H,22,26)(H,23,24)/t18-,20-/m0/s1. The van der Waals surface area contributed by atoms with E-state index in [2.05, 4.69) is 15.5 Å². The lowest BCUT2D eigenvalue weighted by Crippen LogP contribution is -2.64. The molecule has 2 aromatic rings. The minimum atomic E-state index is -1.04. The maximum atomic E-state index is 12.8. The van der Waals surface area contributed by atoms with Crippen LogP contribution in [-0.4, -0.2) is 69.0 Å². The van der Waals surface area contributed by atoms with E-state index in [-0.39, 0.29) is 24.8 Å². The Kier molecular flexibility index (Phi) is 5.08. The van der Waals surface area contributed by atoms with Gasteiger partial charge in [0.15, 0.2) is 0 Å². The van der Waals surface area contributed by atoms with E-state index in [9.17, 15) is 14.7 Å². The Morgan fingerprint density at radius 2 is 2.07 bits per heavy atom. The van der Waals surface area contributed by atoms with E-state index in [0.717, 1.165) is 16.6 Å². The Balaban J connectivity index is 1.37. The second-order valence-electron chi connectivity index (χ2n) is 8.56. The average Bonchev–Trinajstić information content (AvgIpc) is 3.07. The van der Waals surface area contributed by atoms with Gasteiger partial charge in [-0.1, -0.05) is 18.2 Å². The lowest BCUT2D eigenvalue weighted by atomic mass is 9.75. The lowest BCUT2D eigenvalue weighted by molar-refractivity contribution is -0.190. The monoisotopic (exact) mass is 400 g/mol. The van der Waals surface area contributed by atoms with E-state index in [1.165, 1.54) is 6.92 Å². The molecule has 0 unspecified atom stereocenters. The third-order valence-electron chi connectivity index (χ3n) is 6.26. The average molecular weight is 400 g/mol. The molecule has 156 valence electrons. The van der Waals surface area contributed by atoms with Crippen molar-refractivity contribution in [3.8, 4) is 0 Å². The fraction of sp³-hybridized carbons (Fsp3) is 0.571. The Morgan fingerprint density at radius 1 is 1.34 bits per heavy atom. The summed E-state index contributed by atoms with van der Waals surface area (Å²) < 4.78 is 6.12. The summed E-state index contributed by atoms with van der Waals surface area (Å²) in [4.78, 5) is 26.1. The molecule has 0 aliphatic carbocycles. The van der Waals surface area contributed by atoms with Crippen molar-refractivity contribution < 1.29 is 19.4 Å². The molecular formula is C21H28N4O4. The number of aliphatic hydroxyl groups is 1. The van der Waals surface area contributed by atoms with Crippen LogP contribution >= 0.6 is 0 Å². The summed E-state index contributed by atoms with van der Waals surface area (Å²) in [5.74, 6) is -0.116. The van der Waals surface area contributed by atoms with Gasteiger partial charge in [-0.25, -0.2) is 0 Å². The number of rotatable bonds is 3. The van der Waals surface area contributed by atoms with Gasteiger partial charge in [0.1, 0.15) is 0 Å². The molecule has 1 spiro atoms. The molecule has 2 aliphatic rings. The number of nitrogens with zero attached hydrogens (tertiary/aromatic N) is 2. The van der Waals surface area contributed by atoms with E-state index < -0.39 is 17.2 Å². The van der Waals surface area contributed by atoms with Crippen molar-refractivity contribution in [3.05, 3.63) is 30.0 Å². The molecule has 2 saturated heterocycles. The number of carbonyl (C=O) groups excluding carboxylic acids is 2. The molecule has 2 fully saturated rings. The number of hydrogen-bond donors (Lipinski definition) is 3. The van der Waals surface area contributed by atoms with Gasteiger partial charge in [0.2, 0.25) is 11.8 Å². The van der Waals surface area contributed by atoms with Crippen molar-refractivity contribution in [2.24, 2.45) is 0 Å². The summed E-state index contributed by atoms with van der Waals surface area (Å²) in [6.07, 6.45) is 2.08. The summed E-state index contributed by atoms with van der Waals surface area (Å²) in [6.45, 7) is 4.64. The molecule has 0 saturated carbocycles. The number of nitrogens with one attached hydrogen (secondary N) is 2. The van der Waals surface area contributed by atoms with Crippen LogP contribution in [-0.2, 0) is 20.7 Å². The quantitative estimate of drug-likeness (QED) is 0.716.